The molecule has 0 spiro atoms. The van der Waals surface area contributed by atoms with E-state index in [0.29, 0.717) is 22.4 Å². The molecule has 1 aliphatic rings. The number of thioether (sulfide) groups is 1. The maximum atomic E-state index is 12.8. The monoisotopic (exact) mass is 447 g/mol. The molecular formula is C21H19Cl2N3O2S. The van der Waals surface area contributed by atoms with Crippen molar-refractivity contribution in [2.45, 2.75) is 18.6 Å². The number of halogens is 2. The molecule has 3 rings (SSSR count). The number of anilines is 1. The highest BCUT2D eigenvalue weighted by Gasteiger charge is 2.38. The Kier molecular flexibility index (Phi) is 7.00. The Bertz CT molecular complexity index is 994. The minimum atomic E-state index is -0.573. The average Bonchev–Trinajstić information content (AvgIpc) is 2.96. The molecule has 1 fully saturated rings. The molecule has 1 aliphatic heterocycles. The Morgan fingerprint density at radius 1 is 1.28 bits per heavy atom. The summed E-state index contributed by atoms with van der Waals surface area (Å²) in [6, 6.07) is 12.7. The summed E-state index contributed by atoms with van der Waals surface area (Å²) in [4.78, 5) is 31.5. The summed E-state index contributed by atoms with van der Waals surface area (Å²) in [5.74, 6) is -0.495. The van der Waals surface area contributed by atoms with E-state index in [-0.39, 0.29) is 23.3 Å². The zero-order valence-electron chi connectivity index (χ0n) is 15.7. The van der Waals surface area contributed by atoms with Crippen molar-refractivity contribution in [1.82, 2.24) is 4.90 Å². The third-order valence-corrected chi connectivity index (χ3v) is 6.25. The van der Waals surface area contributed by atoms with Gasteiger partial charge in [0.15, 0.2) is 5.17 Å². The predicted molar refractivity (Wildman–Crippen MR) is 121 cm³/mol. The Morgan fingerprint density at radius 3 is 2.76 bits per heavy atom. The van der Waals surface area contributed by atoms with E-state index in [0.717, 1.165) is 11.3 Å². The summed E-state index contributed by atoms with van der Waals surface area (Å²) in [5, 5.41) is 3.32. The van der Waals surface area contributed by atoms with Gasteiger partial charge in [0.05, 0.1) is 21.4 Å². The van der Waals surface area contributed by atoms with Crippen LogP contribution in [0.5, 0.6) is 0 Å². The molecule has 1 atom stereocenters. The molecule has 0 aromatic heterocycles. The molecule has 2 aromatic rings. The first-order valence-electron chi connectivity index (χ1n) is 8.88. The molecule has 150 valence electrons. The number of benzene rings is 2. The number of nitrogens with one attached hydrogen (secondary N) is 1. The number of para-hydroxylation sites is 1. The van der Waals surface area contributed by atoms with Crippen LogP contribution in [0.25, 0.3) is 0 Å². The van der Waals surface area contributed by atoms with Gasteiger partial charge in [-0.1, -0.05) is 65.3 Å². The molecule has 0 radical (unpaired) electrons. The van der Waals surface area contributed by atoms with Gasteiger partial charge in [0.1, 0.15) is 5.25 Å². The van der Waals surface area contributed by atoms with Gasteiger partial charge in [-0.05, 0) is 30.7 Å². The van der Waals surface area contributed by atoms with E-state index >= 15 is 0 Å². The molecule has 0 unspecified atom stereocenters. The number of nitrogens with zero attached hydrogens (tertiary/aromatic N) is 2. The van der Waals surface area contributed by atoms with Gasteiger partial charge >= 0.3 is 0 Å². The van der Waals surface area contributed by atoms with E-state index in [4.69, 9.17) is 23.2 Å². The smallest absolute Gasteiger partial charge is 0.242 e. The second kappa shape index (κ2) is 9.48. The summed E-state index contributed by atoms with van der Waals surface area (Å²) < 4.78 is 0. The van der Waals surface area contributed by atoms with Crippen LogP contribution >= 0.6 is 35.0 Å². The van der Waals surface area contributed by atoms with E-state index in [9.17, 15) is 9.59 Å². The fourth-order valence-corrected chi connectivity index (χ4v) is 4.29. The van der Waals surface area contributed by atoms with Crippen LogP contribution in [0.1, 0.15) is 12.0 Å². The number of carbonyl (C=O) groups is 2. The first-order chi connectivity index (χ1) is 13.9. The summed E-state index contributed by atoms with van der Waals surface area (Å²) in [7, 11) is 0. The van der Waals surface area contributed by atoms with Crippen LogP contribution in [0, 0.1) is 6.92 Å². The van der Waals surface area contributed by atoms with Crippen LogP contribution in [-0.2, 0) is 9.59 Å². The van der Waals surface area contributed by atoms with Gasteiger partial charge in [0.2, 0.25) is 11.8 Å². The number of amidine groups is 1. The van der Waals surface area contributed by atoms with Gasteiger partial charge in [0.25, 0.3) is 0 Å². The van der Waals surface area contributed by atoms with Crippen LogP contribution in [0.2, 0.25) is 10.0 Å². The topological polar surface area (TPSA) is 61.8 Å². The van der Waals surface area contributed by atoms with Gasteiger partial charge in [-0.25, -0.2) is 4.99 Å². The molecule has 1 N–H and O–H groups in total. The van der Waals surface area contributed by atoms with Crippen molar-refractivity contribution in [3.63, 3.8) is 0 Å². The SMILES string of the molecule is C=CCN1C(=O)[C@H](CC(=O)Nc2cccc(Cl)c2Cl)SC1=Nc1ccccc1C. The number of hydrogen-bond donors (Lipinski definition) is 1. The lowest BCUT2D eigenvalue weighted by molar-refractivity contribution is -0.127. The first kappa shape index (κ1) is 21.4. The number of hydrogen-bond acceptors (Lipinski definition) is 4. The molecule has 0 aliphatic carbocycles. The Labute approximate surface area is 183 Å². The molecule has 2 aromatic carbocycles. The second-order valence-electron chi connectivity index (χ2n) is 6.38. The summed E-state index contributed by atoms with van der Waals surface area (Å²) >= 11 is 13.4. The number of aryl methyl sites for hydroxylation is 1. The van der Waals surface area contributed by atoms with E-state index in [1.807, 2.05) is 31.2 Å². The Balaban J connectivity index is 1.77. The fraction of sp³-hybridized carbons (Fsp3) is 0.190. The highest BCUT2D eigenvalue weighted by atomic mass is 35.5. The third kappa shape index (κ3) is 5.01. The molecule has 0 saturated carbocycles. The zero-order valence-corrected chi connectivity index (χ0v) is 18.0. The van der Waals surface area contributed by atoms with E-state index in [2.05, 4.69) is 16.9 Å². The normalized spacial score (nSPS) is 17.6. The quantitative estimate of drug-likeness (QED) is 0.598. The zero-order chi connectivity index (χ0) is 21.0. The van der Waals surface area contributed by atoms with Gasteiger partial charge < -0.3 is 5.32 Å². The highest BCUT2D eigenvalue weighted by molar-refractivity contribution is 8.15. The molecule has 1 heterocycles. The van der Waals surface area contributed by atoms with Crippen LogP contribution in [0.15, 0.2) is 60.1 Å². The lowest BCUT2D eigenvalue weighted by Gasteiger charge is -2.14. The van der Waals surface area contributed by atoms with Gasteiger partial charge in [0, 0.05) is 13.0 Å². The van der Waals surface area contributed by atoms with Crippen molar-refractivity contribution in [1.29, 1.82) is 0 Å². The molecule has 5 nitrogen and oxygen atoms in total. The average molecular weight is 448 g/mol. The van der Waals surface area contributed by atoms with E-state index in [1.165, 1.54) is 11.8 Å². The van der Waals surface area contributed by atoms with Crippen molar-refractivity contribution in [3.8, 4) is 0 Å². The molecule has 2 amide bonds. The number of aliphatic imine (C=N–C) groups is 1. The van der Waals surface area contributed by atoms with Gasteiger partial charge in [-0.15, -0.1) is 6.58 Å². The summed E-state index contributed by atoms with van der Waals surface area (Å²) in [6.07, 6.45) is 1.63. The van der Waals surface area contributed by atoms with E-state index < -0.39 is 5.25 Å². The van der Waals surface area contributed by atoms with Crippen molar-refractivity contribution in [2.75, 3.05) is 11.9 Å². The second-order valence-corrected chi connectivity index (χ2v) is 8.33. The van der Waals surface area contributed by atoms with Crippen LogP contribution in [0.4, 0.5) is 11.4 Å². The lowest BCUT2D eigenvalue weighted by atomic mass is 10.2. The predicted octanol–water partition coefficient (Wildman–Crippen LogP) is 5.45. The van der Waals surface area contributed by atoms with Crippen molar-refractivity contribution >= 4 is 63.3 Å². The highest BCUT2D eigenvalue weighted by Crippen LogP contribution is 2.33. The van der Waals surface area contributed by atoms with Crippen LogP contribution in [-0.4, -0.2) is 33.7 Å². The molecule has 0 bridgehead atoms. The third-order valence-electron chi connectivity index (χ3n) is 4.26. The van der Waals surface area contributed by atoms with Gasteiger partial charge in [-0.3, -0.25) is 14.5 Å². The summed E-state index contributed by atoms with van der Waals surface area (Å²) in [5.41, 5.74) is 2.20. The maximum Gasteiger partial charge on any atom is 0.242 e. The van der Waals surface area contributed by atoms with Crippen LogP contribution in [0.3, 0.4) is 0 Å². The minimum absolute atomic E-state index is 0.00717. The van der Waals surface area contributed by atoms with Crippen molar-refractivity contribution in [3.05, 3.63) is 70.7 Å². The largest absolute Gasteiger partial charge is 0.325 e. The minimum Gasteiger partial charge on any atom is -0.325 e. The van der Waals surface area contributed by atoms with Crippen molar-refractivity contribution in [2.24, 2.45) is 4.99 Å². The van der Waals surface area contributed by atoms with Crippen LogP contribution < -0.4 is 5.32 Å². The standard InChI is InChI=1S/C21H19Cl2N3O2S/c1-3-11-26-20(28)17(29-21(26)25-15-9-5-4-7-13(15)2)12-18(27)24-16-10-6-8-14(22)19(16)23/h3-10,17H,1,11-12H2,2H3,(H,24,27)/t17-/m0/s1. The molecule has 1 saturated heterocycles. The summed E-state index contributed by atoms with van der Waals surface area (Å²) in [6.45, 7) is 6.00. The van der Waals surface area contributed by atoms with E-state index in [1.54, 1.807) is 29.2 Å². The van der Waals surface area contributed by atoms with Gasteiger partial charge in [-0.2, -0.15) is 0 Å². The number of rotatable bonds is 6. The fourth-order valence-electron chi connectivity index (χ4n) is 2.78. The maximum absolute atomic E-state index is 12.8. The molecular weight excluding hydrogens is 429 g/mol. The number of amides is 2. The van der Waals surface area contributed by atoms with Crippen molar-refractivity contribution < 1.29 is 9.59 Å². The number of carbonyl (C=O) groups excluding carboxylic acids is 2. The Morgan fingerprint density at radius 2 is 2.03 bits per heavy atom. The Hall–Kier alpha value is -2.28. The lowest BCUT2D eigenvalue weighted by Crippen LogP contribution is -2.33. The molecule has 29 heavy (non-hydrogen) atoms. The molecule has 8 heteroatoms. The first-order valence-corrected chi connectivity index (χ1v) is 10.5.